The molecule has 0 aliphatic carbocycles. The second-order valence-electron chi connectivity index (χ2n) is 4.63. The van der Waals surface area contributed by atoms with Crippen molar-refractivity contribution >= 4 is 5.78 Å². The summed E-state index contributed by atoms with van der Waals surface area (Å²) in [5, 5.41) is 0. The fourth-order valence-electron chi connectivity index (χ4n) is 2.14. The van der Waals surface area contributed by atoms with Gasteiger partial charge in [0.25, 0.3) is 6.23 Å². The average Bonchev–Trinajstić information content (AvgIpc) is 2.40. The van der Waals surface area contributed by atoms with Gasteiger partial charge >= 0.3 is 0 Å². The summed E-state index contributed by atoms with van der Waals surface area (Å²) in [6, 6.07) is 10.1. The number of methoxy groups -OCH3 is 1. The van der Waals surface area contributed by atoms with Crippen LogP contribution in [0, 0.1) is 0 Å². The van der Waals surface area contributed by atoms with Crippen LogP contribution in [-0.4, -0.2) is 37.2 Å². The fourth-order valence-corrected chi connectivity index (χ4v) is 2.14. The summed E-state index contributed by atoms with van der Waals surface area (Å²) in [7, 11) is 3.60. The first-order valence-corrected chi connectivity index (χ1v) is 6.14. The minimum absolute atomic E-state index is 0.0715. The Balaban J connectivity index is 2.96. The Bertz CT molecular complexity index is 402. The first-order valence-electron chi connectivity index (χ1n) is 6.14. The molecule has 3 heteroatoms. The smallest absolute Gasteiger partial charge is 0.257 e. The van der Waals surface area contributed by atoms with Gasteiger partial charge in [0.2, 0.25) is 5.78 Å². The second kappa shape index (κ2) is 6.47. The van der Waals surface area contributed by atoms with E-state index in [1.165, 1.54) is 11.6 Å². The summed E-state index contributed by atoms with van der Waals surface area (Å²) < 4.78 is 5.90. The largest absolute Gasteiger partial charge is 0.326 e. The standard InChI is InChI=1S/C15H22NO2/c1-5-14(17)15(18-4)16(3,6-2)12-13-10-8-7-9-11-13/h5,7-11,15H,1,6,12H2,2-4H3/q+1. The number of nitrogens with zero attached hydrogens (tertiary/aromatic N) is 1. The van der Waals surface area contributed by atoms with Gasteiger partial charge in [0, 0.05) is 12.7 Å². The van der Waals surface area contributed by atoms with Gasteiger partial charge in [0.05, 0.1) is 13.6 Å². The van der Waals surface area contributed by atoms with Gasteiger partial charge < -0.3 is 4.74 Å². The summed E-state index contributed by atoms with van der Waals surface area (Å²) in [6.45, 7) is 7.18. The van der Waals surface area contributed by atoms with Crippen LogP contribution in [0.3, 0.4) is 0 Å². The summed E-state index contributed by atoms with van der Waals surface area (Å²) in [5.41, 5.74) is 1.20. The highest BCUT2D eigenvalue weighted by molar-refractivity contribution is 5.91. The molecule has 0 aromatic heterocycles. The molecule has 0 saturated carbocycles. The lowest BCUT2D eigenvalue weighted by molar-refractivity contribution is -0.954. The normalized spacial score (nSPS) is 15.7. The Morgan fingerprint density at radius 1 is 1.44 bits per heavy atom. The lowest BCUT2D eigenvalue weighted by atomic mass is 10.1. The lowest BCUT2D eigenvalue weighted by Gasteiger charge is -2.38. The molecule has 18 heavy (non-hydrogen) atoms. The number of ketones is 1. The van der Waals surface area contributed by atoms with Crippen molar-refractivity contribution in [1.29, 1.82) is 0 Å². The summed E-state index contributed by atoms with van der Waals surface area (Å²) in [6.07, 6.45) is 0.846. The number of hydrogen-bond donors (Lipinski definition) is 0. The molecule has 0 spiro atoms. The van der Waals surface area contributed by atoms with Crippen LogP contribution in [0.1, 0.15) is 12.5 Å². The second-order valence-corrected chi connectivity index (χ2v) is 4.63. The van der Waals surface area contributed by atoms with E-state index in [0.717, 1.165) is 13.1 Å². The minimum atomic E-state index is -0.493. The third-order valence-electron chi connectivity index (χ3n) is 3.34. The van der Waals surface area contributed by atoms with Gasteiger partial charge in [-0.1, -0.05) is 36.9 Å². The first kappa shape index (κ1) is 14.6. The number of likely N-dealkylation sites (N-methyl/N-ethyl adjacent to an activating group) is 1. The lowest BCUT2D eigenvalue weighted by Crippen LogP contribution is -2.55. The molecule has 2 unspecified atom stereocenters. The van der Waals surface area contributed by atoms with Gasteiger partial charge in [0.1, 0.15) is 6.54 Å². The maximum Gasteiger partial charge on any atom is 0.257 e. The van der Waals surface area contributed by atoms with Gasteiger partial charge in [-0.15, -0.1) is 0 Å². The molecule has 3 nitrogen and oxygen atoms in total. The average molecular weight is 248 g/mol. The van der Waals surface area contributed by atoms with Crippen molar-refractivity contribution in [3.8, 4) is 0 Å². The molecule has 98 valence electrons. The molecule has 0 radical (unpaired) electrons. The van der Waals surface area contributed by atoms with Gasteiger partial charge in [-0.05, 0) is 13.0 Å². The van der Waals surface area contributed by atoms with Crippen LogP contribution in [-0.2, 0) is 16.1 Å². The third kappa shape index (κ3) is 3.28. The van der Waals surface area contributed by atoms with E-state index >= 15 is 0 Å². The third-order valence-corrected chi connectivity index (χ3v) is 3.34. The molecule has 0 aliphatic rings. The number of ether oxygens (including phenoxy) is 1. The molecule has 1 aromatic carbocycles. The molecular weight excluding hydrogens is 226 g/mol. The molecule has 0 heterocycles. The van der Waals surface area contributed by atoms with Crippen molar-refractivity contribution in [1.82, 2.24) is 0 Å². The Kier molecular flexibility index (Phi) is 5.25. The number of quaternary nitrogens is 1. The Morgan fingerprint density at radius 2 is 2.06 bits per heavy atom. The summed E-state index contributed by atoms with van der Waals surface area (Å²) >= 11 is 0. The van der Waals surface area contributed by atoms with Gasteiger partial charge in [-0.25, -0.2) is 0 Å². The highest BCUT2D eigenvalue weighted by Crippen LogP contribution is 2.18. The fraction of sp³-hybridized carbons (Fsp3) is 0.400. The number of carbonyl (C=O) groups excluding carboxylic acids is 1. The minimum Gasteiger partial charge on any atom is -0.326 e. The molecule has 0 bridgehead atoms. The zero-order valence-electron chi connectivity index (χ0n) is 11.4. The number of carbonyl (C=O) groups is 1. The molecule has 0 amide bonds. The van der Waals surface area contributed by atoms with Crippen LogP contribution in [0.5, 0.6) is 0 Å². The van der Waals surface area contributed by atoms with Crippen LogP contribution >= 0.6 is 0 Å². The van der Waals surface area contributed by atoms with Crippen LogP contribution in [0.4, 0.5) is 0 Å². The number of hydrogen-bond acceptors (Lipinski definition) is 2. The first-order chi connectivity index (χ1) is 8.57. The van der Waals surface area contributed by atoms with E-state index in [9.17, 15) is 4.79 Å². The maximum absolute atomic E-state index is 11.9. The predicted octanol–water partition coefficient (Wildman–Crippen LogP) is 2.38. The van der Waals surface area contributed by atoms with Crippen LogP contribution in [0.25, 0.3) is 0 Å². The molecule has 0 N–H and O–H groups in total. The maximum atomic E-state index is 11.9. The van der Waals surface area contributed by atoms with E-state index < -0.39 is 6.23 Å². The number of rotatable bonds is 7. The SMILES string of the molecule is C=CC(=O)C(OC)[N+](C)(CC)Cc1ccccc1. The monoisotopic (exact) mass is 248 g/mol. The van der Waals surface area contributed by atoms with E-state index in [2.05, 4.69) is 25.6 Å². The molecule has 2 atom stereocenters. The summed E-state index contributed by atoms with van der Waals surface area (Å²) in [5.74, 6) is -0.0715. The van der Waals surface area contributed by atoms with Gasteiger partial charge in [0.15, 0.2) is 0 Å². The van der Waals surface area contributed by atoms with Crippen molar-refractivity contribution in [2.45, 2.75) is 19.7 Å². The molecule has 0 fully saturated rings. The molecular formula is C15H22NO2+. The zero-order valence-corrected chi connectivity index (χ0v) is 11.4. The van der Waals surface area contributed by atoms with E-state index in [0.29, 0.717) is 4.48 Å². The van der Waals surface area contributed by atoms with Gasteiger partial charge in [-0.3, -0.25) is 9.28 Å². The molecule has 1 rings (SSSR count). The van der Waals surface area contributed by atoms with Crippen LogP contribution < -0.4 is 0 Å². The Hall–Kier alpha value is -1.45. The molecule has 1 aromatic rings. The molecule has 0 aliphatic heterocycles. The van der Waals surface area contributed by atoms with E-state index in [1.54, 1.807) is 7.11 Å². The van der Waals surface area contributed by atoms with E-state index in [-0.39, 0.29) is 5.78 Å². The topological polar surface area (TPSA) is 26.3 Å². The van der Waals surface area contributed by atoms with Crippen LogP contribution in [0.2, 0.25) is 0 Å². The van der Waals surface area contributed by atoms with Crippen molar-refractivity contribution in [3.63, 3.8) is 0 Å². The van der Waals surface area contributed by atoms with Crippen molar-refractivity contribution in [2.75, 3.05) is 20.7 Å². The predicted molar refractivity (Wildman–Crippen MR) is 72.9 cm³/mol. The highest BCUT2D eigenvalue weighted by atomic mass is 16.5. The summed E-state index contributed by atoms with van der Waals surface area (Å²) in [4.78, 5) is 11.9. The quantitative estimate of drug-likeness (QED) is 0.421. The Morgan fingerprint density at radius 3 is 2.50 bits per heavy atom. The van der Waals surface area contributed by atoms with Crippen molar-refractivity contribution < 1.29 is 14.0 Å². The van der Waals surface area contributed by atoms with E-state index in [1.807, 2.05) is 25.2 Å². The highest BCUT2D eigenvalue weighted by Gasteiger charge is 2.35. The van der Waals surface area contributed by atoms with Crippen molar-refractivity contribution in [2.24, 2.45) is 0 Å². The molecule has 0 saturated heterocycles. The van der Waals surface area contributed by atoms with Gasteiger partial charge in [-0.2, -0.15) is 0 Å². The Labute approximate surface area is 109 Å². The number of benzene rings is 1. The van der Waals surface area contributed by atoms with Crippen molar-refractivity contribution in [3.05, 3.63) is 48.6 Å². The van der Waals surface area contributed by atoms with E-state index in [4.69, 9.17) is 4.74 Å². The van der Waals surface area contributed by atoms with Crippen LogP contribution in [0.15, 0.2) is 43.0 Å². The zero-order chi connectivity index (χ0) is 13.6.